The third-order valence-electron chi connectivity index (χ3n) is 7.92. The molecule has 3 aromatic rings. The fraction of sp³-hybridized carbons (Fsp3) is 0.541. The molecule has 0 spiro atoms. The van der Waals surface area contributed by atoms with Gasteiger partial charge in [0.15, 0.2) is 18.0 Å². The summed E-state index contributed by atoms with van der Waals surface area (Å²) in [4.78, 5) is 0. The number of hydrogen-bond acceptors (Lipinski definition) is 3. The first kappa shape index (κ1) is 32.9. The molecule has 0 fully saturated rings. The number of allylic oxidation sites excluding steroid dienone is 2. The molecule has 0 aliphatic carbocycles. The van der Waals surface area contributed by atoms with E-state index >= 15 is 0 Å². The highest BCUT2D eigenvalue weighted by atomic mass is 32.1. The number of hydrogen-bond donors (Lipinski definition) is 0. The van der Waals surface area contributed by atoms with Crippen LogP contribution in [0.4, 0.5) is 0 Å². The molecule has 224 valence electrons. The van der Waals surface area contributed by atoms with Gasteiger partial charge in [-0.1, -0.05) is 145 Å². The van der Waals surface area contributed by atoms with Gasteiger partial charge >= 0.3 is 0 Å². The van der Waals surface area contributed by atoms with Crippen LogP contribution in [-0.4, -0.2) is 14.2 Å². The summed E-state index contributed by atoms with van der Waals surface area (Å²) < 4.78 is 14.6. The van der Waals surface area contributed by atoms with Crippen molar-refractivity contribution in [2.24, 2.45) is 0 Å². The fourth-order valence-corrected chi connectivity index (χ4v) is 6.59. The molecule has 0 saturated heterocycles. The maximum Gasteiger partial charge on any atom is 0.262 e. The summed E-state index contributed by atoms with van der Waals surface area (Å²) in [6.45, 7) is 3.38. The lowest BCUT2D eigenvalue weighted by Crippen LogP contribution is -2.34. The Kier molecular flexibility index (Phi) is 16.3. The van der Waals surface area contributed by atoms with Crippen molar-refractivity contribution in [3.63, 3.8) is 0 Å². The Hall–Kier alpha value is -2.59. The van der Waals surface area contributed by atoms with Crippen molar-refractivity contribution in [1.82, 2.24) is 0 Å². The number of nitrogens with zero attached hydrogens (tertiary/aromatic N) is 1. The highest BCUT2D eigenvalue weighted by Crippen LogP contribution is 2.28. The lowest BCUT2D eigenvalue weighted by atomic mass is 10.0. The molecular formula is C37H54NO2S+. The molecule has 0 radical (unpaired) electrons. The minimum Gasteiger partial charge on any atom is -0.493 e. The lowest BCUT2D eigenvalue weighted by Gasteiger charge is -2.07. The number of benzene rings is 2. The van der Waals surface area contributed by atoms with E-state index in [-0.39, 0.29) is 0 Å². The Labute approximate surface area is 254 Å². The number of ether oxygens (including phenoxy) is 2. The van der Waals surface area contributed by atoms with E-state index in [1.165, 1.54) is 118 Å². The second-order valence-corrected chi connectivity index (χ2v) is 12.3. The summed E-state index contributed by atoms with van der Waals surface area (Å²) >= 11 is 1.88. The predicted octanol–water partition coefficient (Wildman–Crippen LogP) is 11.2. The first-order chi connectivity index (χ1) is 20.3. The lowest BCUT2D eigenvalue weighted by molar-refractivity contribution is -0.669. The van der Waals surface area contributed by atoms with Crippen molar-refractivity contribution in [3.05, 3.63) is 65.2 Å². The van der Waals surface area contributed by atoms with Gasteiger partial charge in [0.1, 0.15) is 4.70 Å². The van der Waals surface area contributed by atoms with Crippen molar-refractivity contribution in [2.45, 2.75) is 116 Å². The predicted molar refractivity (Wildman–Crippen MR) is 179 cm³/mol. The Morgan fingerprint density at radius 1 is 0.634 bits per heavy atom. The van der Waals surface area contributed by atoms with Gasteiger partial charge in [0.25, 0.3) is 5.01 Å². The zero-order valence-electron chi connectivity index (χ0n) is 26.0. The minimum absolute atomic E-state index is 0.750. The van der Waals surface area contributed by atoms with Crippen molar-refractivity contribution < 1.29 is 14.0 Å². The van der Waals surface area contributed by atoms with Crippen LogP contribution in [0.15, 0.2) is 54.6 Å². The first-order valence-electron chi connectivity index (χ1n) is 16.2. The molecule has 0 aliphatic heterocycles. The molecule has 0 bridgehead atoms. The molecule has 1 heterocycles. The molecule has 1 aromatic heterocycles. The fourth-order valence-electron chi connectivity index (χ4n) is 5.49. The molecule has 0 aliphatic rings. The molecule has 4 heteroatoms. The number of unbranched alkanes of at least 4 members (excludes halogenated alkanes) is 15. The molecule has 2 aromatic carbocycles. The third-order valence-corrected chi connectivity index (χ3v) is 9.05. The summed E-state index contributed by atoms with van der Waals surface area (Å²) in [5.74, 6) is 1.50. The van der Waals surface area contributed by atoms with Gasteiger partial charge in [-0.2, -0.15) is 4.57 Å². The highest BCUT2D eigenvalue weighted by molar-refractivity contribution is 7.18. The van der Waals surface area contributed by atoms with Crippen LogP contribution in [0.5, 0.6) is 11.5 Å². The van der Waals surface area contributed by atoms with E-state index in [2.05, 4.69) is 60.1 Å². The maximum atomic E-state index is 5.43. The topological polar surface area (TPSA) is 22.3 Å². The smallest absolute Gasteiger partial charge is 0.262 e. The molecule has 0 amide bonds. The molecular weight excluding hydrogens is 522 g/mol. The van der Waals surface area contributed by atoms with Crippen molar-refractivity contribution >= 4 is 33.7 Å². The van der Waals surface area contributed by atoms with E-state index in [0.717, 1.165) is 23.6 Å². The van der Waals surface area contributed by atoms with Crippen molar-refractivity contribution in [1.29, 1.82) is 0 Å². The van der Waals surface area contributed by atoms with Gasteiger partial charge in [0.05, 0.1) is 14.2 Å². The Balaban J connectivity index is 1.36. The van der Waals surface area contributed by atoms with Crippen LogP contribution in [0.2, 0.25) is 0 Å². The number of fused-ring (bicyclic) bond motifs is 1. The SMILES string of the molecule is CCCCCCCCCCCCCCCCCC[n+]1c(/C=C/C=C/c2ccc(OC)c(OC)c2)sc2ccccc21. The largest absolute Gasteiger partial charge is 0.493 e. The molecule has 0 saturated carbocycles. The third kappa shape index (κ3) is 12.0. The van der Waals surface area contributed by atoms with Gasteiger partial charge in [-0.3, -0.25) is 0 Å². The Morgan fingerprint density at radius 3 is 1.80 bits per heavy atom. The second-order valence-electron chi connectivity index (χ2n) is 11.2. The van der Waals surface area contributed by atoms with Gasteiger partial charge in [-0.15, -0.1) is 0 Å². The van der Waals surface area contributed by atoms with E-state index in [1.54, 1.807) is 14.2 Å². The molecule has 0 unspecified atom stereocenters. The number of para-hydroxylation sites is 1. The summed E-state index contributed by atoms with van der Waals surface area (Å²) in [7, 11) is 3.33. The van der Waals surface area contributed by atoms with Gasteiger partial charge in [0.2, 0.25) is 5.52 Å². The van der Waals surface area contributed by atoms with Gasteiger partial charge in [0, 0.05) is 18.6 Å². The van der Waals surface area contributed by atoms with E-state index in [4.69, 9.17) is 9.47 Å². The number of rotatable bonds is 22. The van der Waals surface area contributed by atoms with Crippen molar-refractivity contribution in [2.75, 3.05) is 14.2 Å². The normalized spacial score (nSPS) is 11.8. The zero-order chi connectivity index (χ0) is 29.0. The van der Waals surface area contributed by atoms with Crippen LogP contribution in [0.1, 0.15) is 120 Å². The van der Waals surface area contributed by atoms with Crippen LogP contribution in [0.3, 0.4) is 0 Å². The second kappa shape index (κ2) is 20.3. The van der Waals surface area contributed by atoms with Crippen LogP contribution < -0.4 is 14.0 Å². The average molecular weight is 577 g/mol. The monoisotopic (exact) mass is 576 g/mol. The van der Waals surface area contributed by atoms with Crippen LogP contribution >= 0.6 is 11.3 Å². The van der Waals surface area contributed by atoms with Gasteiger partial charge < -0.3 is 9.47 Å². The summed E-state index contributed by atoms with van der Waals surface area (Å²) in [6.07, 6.45) is 31.1. The summed E-state index contributed by atoms with van der Waals surface area (Å²) in [5.41, 5.74) is 2.44. The summed E-state index contributed by atoms with van der Waals surface area (Å²) in [6, 6.07) is 14.8. The average Bonchev–Trinajstić information content (AvgIpc) is 3.36. The molecule has 3 rings (SSSR count). The Morgan fingerprint density at radius 2 is 1.20 bits per heavy atom. The number of aromatic nitrogens is 1. The molecule has 0 atom stereocenters. The van der Waals surface area contributed by atoms with Crippen LogP contribution in [0, 0.1) is 0 Å². The summed E-state index contributed by atoms with van der Waals surface area (Å²) in [5, 5.41) is 1.31. The number of methoxy groups -OCH3 is 2. The minimum atomic E-state index is 0.750. The van der Waals surface area contributed by atoms with E-state index in [0.29, 0.717) is 0 Å². The maximum absolute atomic E-state index is 5.43. The van der Waals surface area contributed by atoms with E-state index < -0.39 is 0 Å². The molecule has 0 N–H and O–H groups in total. The molecule has 3 nitrogen and oxygen atoms in total. The van der Waals surface area contributed by atoms with Crippen LogP contribution in [0.25, 0.3) is 22.4 Å². The first-order valence-corrected chi connectivity index (χ1v) is 17.1. The van der Waals surface area contributed by atoms with Gasteiger partial charge in [-0.05, 0) is 30.2 Å². The standard InChI is InChI=1S/C37H54NO2S/c1-4-5-6-7-8-9-10-11-12-13-14-15-16-17-18-23-30-38-33-25-20-21-26-36(33)41-37(38)27-22-19-24-32-28-29-34(39-2)35(31-32)40-3/h19-22,24-29,31H,4-18,23,30H2,1-3H3/q+1/b24-19+,27-22+. The zero-order valence-corrected chi connectivity index (χ0v) is 26.9. The number of thiazole rings is 1. The highest BCUT2D eigenvalue weighted by Gasteiger charge is 2.17. The van der Waals surface area contributed by atoms with Crippen molar-refractivity contribution in [3.8, 4) is 11.5 Å². The molecule has 41 heavy (non-hydrogen) atoms. The quantitative estimate of drug-likeness (QED) is 0.0674. The number of aryl methyl sites for hydroxylation is 1. The van der Waals surface area contributed by atoms with Gasteiger partial charge in [-0.25, -0.2) is 0 Å². The van der Waals surface area contributed by atoms with Crippen LogP contribution in [-0.2, 0) is 6.54 Å². The van der Waals surface area contributed by atoms with E-state index in [1.807, 2.05) is 29.5 Å². The van der Waals surface area contributed by atoms with E-state index in [9.17, 15) is 0 Å². The Bertz CT molecular complexity index is 1180.